The molecular formula is C12H15N5O. The normalized spacial score (nSPS) is 17.0. The van der Waals surface area contributed by atoms with E-state index in [0.29, 0.717) is 19.6 Å². The number of piperazine rings is 1. The van der Waals surface area contributed by atoms with Gasteiger partial charge in [-0.05, 0) is 18.2 Å². The third-order valence-electron chi connectivity index (χ3n) is 3.05. The van der Waals surface area contributed by atoms with Crippen LogP contribution in [0.15, 0.2) is 18.2 Å². The molecule has 1 aliphatic heterocycles. The Bertz CT molecular complexity index is 591. The van der Waals surface area contributed by atoms with Gasteiger partial charge in [-0.1, -0.05) is 0 Å². The van der Waals surface area contributed by atoms with E-state index in [4.69, 9.17) is 5.73 Å². The third-order valence-corrected chi connectivity index (χ3v) is 3.05. The summed E-state index contributed by atoms with van der Waals surface area (Å²) >= 11 is 0. The number of carbonyl (C=O) groups is 1. The topological polar surface area (TPSA) is 87.0 Å². The fourth-order valence-corrected chi connectivity index (χ4v) is 2.19. The molecular weight excluding hydrogens is 230 g/mol. The zero-order valence-electron chi connectivity index (χ0n) is 9.94. The molecule has 6 heteroatoms. The number of nitrogens with zero attached hydrogens (tertiary/aromatic N) is 2. The second-order valence-corrected chi connectivity index (χ2v) is 4.52. The van der Waals surface area contributed by atoms with E-state index >= 15 is 0 Å². The summed E-state index contributed by atoms with van der Waals surface area (Å²) in [5, 5.41) is 2.80. The first-order valence-corrected chi connectivity index (χ1v) is 5.94. The molecule has 1 aliphatic rings. The molecule has 0 bridgehead atoms. The Hall–Kier alpha value is -2.08. The van der Waals surface area contributed by atoms with Crippen molar-refractivity contribution in [3.8, 4) is 0 Å². The summed E-state index contributed by atoms with van der Waals surface area (Å²) in [7, 11) is 0. The van der Waals surface area contributed by atoms with Gasteiger partial charge in [0.15, 0.2) is 0 Å². The van der Waals surface area contributed by atoms with Crippen LogP contribution >= 0.6 is 0 Å². The van der Waals surface area contributed by atoms with Crippen molar-refractivity contribution < 1.29 is 4.79 Å². The first-order chi connectivity index (χ1) is 8.70. The number of aromatic nitrogens is 2. The molecule has 3 rings (SSSR count). The summed E-state index contributed by atoms with van der Waals surface area (Å²) in [6, 6.07) is 5.60. The molecule has 94 valence electrons. The molecule has 6 nitrogen and oxygen atoms in total. The van der Waals surface area contributed by atoms with Gasteiger partial charge in [-0.3, -0.25) is 9.69 Å². The van der Waals surface area contributed by atoms with Crippen molar-refractivity contribution in [3.05, 3.63) is 24.0 Å². The lowest BCUT2D eigenvalue weighted by molar-refractivity contribution is -0.124. The number of nitrogens with one attached hydrogen (secondary N) is 2. The highest BCUT2D eigenvalue weighted by molar-refractivity contribution is 5.79. The lowest BCUT2D eigenvalue weighted by Gasteiger charge is -2.25. The summed E-state index contributed by atoms with van der Waals surface area (Å²) < 4.78 is 0. The molecule has 1 fully saturated rings. The average Bonchev–Trinajstić information content (AvgIpc) is 2.70. The number of carbonyl (C=O) groups excluding carboxylic acids is 1. The van der Waals surface area contributed by atoms with E-state index in [1.165, 1.54) is 0 Å². The molecule has 0 radical (unpaired) electrons. The van der Waals surface area contributed by atoms with E-state index in [0.717, 1.165) is 29.1 Å². The Morgan fingerprint density at radius 1 is 1.44 bits per heavy atom. The van der Waals surface area contributed by atoms with Gasteiger partial charge in [0, 0.05) is 18.8 Å². The molecule has 0 unspecified atom stereocenters. The summed E-state index contributed by atoms with van der Waals surface area (Å²) in [6.45, 7) is 2.64. The van der Waals surface area contributed by atoms with Crippen LogP contribution in [0.3, 0.4) is 0 Å². The maximum absolute atomic E-state index is 11.3. The first kappa shape index (κ1) is 11.0. The Morgan fingerprint density at radius 2 is 2.33 bits per heavy atom. The number of benzene rings is 1. The summed E-state index contributed by atoms with van der Waals surface area (Å²) in [4.78, 5) is 21.1. The number of imidazole rings is 1. The lowest BCUT2D eigenvalue weighted by Crippen LogP contribution is -2.47. The highest BCUT2D eigenvalue weighted by Gasteiger charge is 2.17. The van der Waals surface area contributed by atoms with E-state index in [9.17, 15) is 4.79 Å². The SMILES string of the molecule is Nc1ccc2nc(CN3CCNC(=O)C3)[nH]c2c1. The van der Waals surface area contributed by atoms with Gasteiger partial charge in [0.05, 0.1) is 24.1 Å². The Kier molecular flexibility index (Phi) is 2.64. The van der Waals surface area contributed by atoms with Crippen LogP contribution in [0, 0.1) is 0 Å². The van der Waals surface area contributed by atoms with E-state index in [-0.39, 0.29) is 5.91 Å². The molecule has 18 heavy (non-hydrogen) atoms. The van der Waals surface area contributed by atoms with Crippen LogP contribution in [0.1, 0.15) is 5.82 Å². The number of hydrogen-bond donors (Lipinski definition) is 3. The van der Waals surface area contributed by atoms with Crippen molar-refractivity contribution in [1.29, 1.82) is 0 Å². The minimum absolute atomic E-state index is 0.0709. The summed E-state index contributed by atoms with van der Waals surface area (Å²) in [6.07, 6.45) is 0. The van der Waals surface area contributed by atoms with Crippen molar-refractivity contribution >= 4 is 22.6 Å². The van der Waals surface area contributed by atoms with Gasteiger partial charge in [-0.2, -0.15) is 0 Å². The minimum atomic E-state index is 0.0709. The van der Waals surface area contributed by atoms with E-state index in [2.05, 4.69) is 20.2 Å². The molecule has 1 aromatic heterocycles. The quantitative estimate of drug-likeness (QED) is 0.654. The molecule has 0 atom stereocenters. The second-order valence-electron chi connectivity index (χ2n) is 4.52. The fourth-order valence-electron chi connectivity index (χ4n) is 2.19. The molecule has 0 saturated carbocycles. The summed E-state index contributed by atoms with van der Waals surface area (Å²) in [5.41, 5.74) is 8.28. The number of hydrogen-bond acceptors (Lipinski definition) is 4. The van der Waals surface area contributed by atoms with Gasteiger partial charge in [0.2, 0.25) is 5.91 Å². The molecule has 0 aliphatic carbocycles. The number of amides is 1. The zero-order valence-corrected chi connectivity index (χ0v) is 9.94. The molecule has 2 heterocycles. The maximum atomic E-state index is 11.3. The van der Waals surface area contributed by atoms with E-state index in [1.807, 2.05) is 18.2 Å². The number of nitrogens with two attached hydrogens (primary N) is 1. The minimum Gasteiger partial charge on any atom is -0.399 e. The van der Waals surface area contributed by atoms with Gasteiger partial charge in [-0.25, -0.2) is 4.98 Å². The summed E-state index contributed by atoms with van der Waals surface area (Å²) in [5.74, 6) is 0.937. The van der Waals surface area contributed by atoms with Gasteiger partial charge in [0.1, 0.15) is 5.82 Å². The molecule has 1 aromatic carbocycles. The molecule has 4 N–H and O–H groups in total. The third kappa shape index (κ3) is 2.14. The van der Waals surface area contributed by atoms with E-state index in [1.54, 1.807) is 0 Å². The average molecular weight is 245 g/mol. The number of fused-ring (bicyclic) bond motifs is 1. The molecule has 2 aromatic rings. The number of rotatable bonds is 2. The highest BCUT2D eigenvalue weighted by atomic mass is 16.2. The zero-order chi connectivity index (χ0) is 12.5. The molecule has 0 spiro atoms. The lowest BCUT2D eigenvalue weighted by atomic mass is 10.3. The number of anilines is 1. The van der Waals surface area contributed by atoms with Crippen LogP contribution in [0.5, 0.6) is 0 Å². The van der Waals surface area contributed by atoms with Crippen molar-refractivity contribution in [2.24, 2.45) is 0 Å². The van der Waals surface area contributed by atoms with Crippen molar-refractivity contribution in [3.63, 3.8) is 0 Å². The van der Waals surface area contributed by atoms with Crippen LogP contribution in [0.2, 0.25) is 0 Å². The van der Waals surface area contributed by atoms with Crippen molar-refractivity contribution in [1.82, 2.24) is 20.2 Å². The monoisotopic (exact) mass is 245 g/mol. The van der Waals surface area contributed by atoms with Crippen molar-refractivity contribution in [2.75, 3.05) is 25.4 Å². The smallest absolute Gasteiger partial charge is 0.234 e. The molecule has 1 amide bonds. The van der Waals surface area contributed by atoms with E-state index < -0.39 is 0 Å². The van der Waals surface area contributed by atoms with Crippen LogP contribution in [0.4, 0.5) is 5.69 Å². The maximum Gasteiger partial charge on any atom is 0.234 e. The second kappa shape index (κ2) is 4.30. The Balaban J connectivity index is 1.80. The van der Waals surface area contributed by atoms with Gasteiger partial charge in [0.25, 0.3) is 0 Å². The number of aromatic amines is 1. The van der Waals surface area contributed by atoms with Crippen LogP contribution in [0.25, 0.3) is 11.0 Å². The van der Waals surface area contributed by atoms with Gasteiger partial charge < -0.3 is 16.0 Å². The predicted octanol–water partition coefficient (Wildman–Crippen LogP) is 0.0769. The highest BCUT2D eigenvalue weighted by Crippen LogP contribution is 2.15. The fraction of sp³-hybridized carbons (Fsp3) is 0.333. The largest absolute Gasteiger partial charge is 0.399 e. The van der Waals surface area contributed by atoms with Crippen LogP contribution in [-0.4, -0.2) is 40.4 Å². The van der Waals surface area contributed by atoms with Crippen LogP contribution in [-0.2, 0) is 11.3 Å². The van der Waals surface area contributed by atoms with Gasteiger partial charge in [-0.15, -0.1) is 0 Å². The first-order valence-electron chi connectivity index (χ1n) is 5.94. The van der Waals surface area contributed by atoms with Crippen LogP contribution < -0.4 is 11.1 Å². The predicted molar refractivity (Wildman–Crippen MR) is 68.8 cm³/mol. The Labute approximate surface area is 104 Å². The molecule has 1 saturated heterocycles. The van der Waals surface area contributed by atoms with Crippen molar-refractivity contribution in [2.45, 2.75) is 6.54 Å². The van der Waals surface area contributed by atoms with Gasteiger partial charge >= 0.3 is 0 Å². The number of nitrogen functional groups attached to an aromatic ring is 1. The number of H-pyrrole nitrogens is 1. The Morgan fingerprint density at radius 3 is 3.17 bits per heavy atom. The standard InChI is InChI=1S/C12H15N5O/c13-8-1-2-9-10(5-8)16-11(15-9)6-17-4-3-14-12(18)7-17/h1-2,5H,3-4,6-7,13H2,(H,14,18)(H,15,16).